The van der Waals surface area contributed by atoms with Gasteiger partial charge in [-0.05, 0) is 36.2 Å². The zero-order chi connectivity index (χ0) is 14.4. The van der Waals surface area contributed by atoms with Gasteiger partial charge in [-0.15, -0.1) is 0 Å². The van der Waals surface area contributed by atoms with Crippen LogP contribution in [0.15, 0.2) is 48.5 Å². The minimum atomic E-state index is -0.435. The molecule has 20 heavy (non-hydrogen) atoms. The quantitative estimate of drug-likeness (QED) is 0.779. The van der Waals surface area contributed by atoms with E-state index < -0.39 is 5.82 Å². The van der Waals surface area contributed by atoms with Gasteiger partial charge >= 0.3 is 5.97 Å². The second-order valence-electron chi connectivity index (χ2n) is 4.26. The maximum atomic E-state index is 13.7. The highest BCUT2D eigenvalue weighted by molar-refractivity contribution is 5.69. The summed E-state index contributed by atoms with van der Waals surface area (Å²) in [4.78, 5) is 11.1. The molecule has 2 aromatic rings. The molecule has 0 aromatic heterocycles. The Bertz CT molecular complexity index is 582. The molecule has 0 N–H and O–H groups in total. The predicted molar refractivity (Wildman–Crippen MR) is 73.3 cm³/mol. The lowest BCUT2D eigenvalue weighted by Crippen LogP contribution is -2.02. The van der Waals surface area contributed by atoms with Gasteiger partial charge in [-0.3, -0.25) is 4.79 Å². The Balaban J connectivity index is 2.10. The first-order valence-electron chi connectivity index (χ1n) is 6.27. The molecule has 0 fully saturated rings. The molecule has 0 aliphatic heterocycles. The summed E-state index contributed by atoms with van der Waals surface area (Å²) in [5.74, 6) is -0.00870. The van der Waals surface area contributed by atoms with Crippen molar-refractivity contribution in [2.75, 3.05) is 7.11 Å². The number of carbonyl (C=O) groups is 1. The number of hydrogen-bond acceptors (Lipinski definition) is 3. The Morgan fingerprint density at radius 2 is 1.90 bits per heavy atom. The average molecular weight is 274 g/mol. The third-order valence-electron chi connectivity index (χ3n) is 2.81. The van der Waals surface area contributed by atoms with E-state index in [2.05, 4.69) is 4.74 Å². The summed E-state index contributed by atoms with van der Waals surface area (Å²) in [6.45, 7) is 0. The molecule has 104 valence electrons. The fourth-order valence-corrected chi connectivity index (χ4v) is 1.75. The fraction of sp³-hybridized carbons (Fsp3) is 0.188. The smallest absolute Gasteiger partial charge is 0.305 e. The molecule has 2 aromatic carbocycles. The maximum absolute atomic E-state index is 13.7. The van der Waals surface area contributed by atoms with Crippen molar-refractivity contribution < 1.29 is 18.7 Å². The van der Waals surface area contributed by atoms with Gasteiger partial charge in [0.2, 0.25) is 0 Å². The van der Waals surface area contributed by atoms with Crippen molar-refractivity contribution in [2.45, 2.75) is 12.8 Å². The Kier molecular flexibility index (Phi) is 4.71. The number of hydrogen-bond donors (Lipinski definition) is 0. The topological polar surface area (TPSA) is 35.5 Å². The Labute approximate surface area is 117 Å². The molecule has 0 aliphatic carbocycles. The highest BCUT2D eigenvalue weighted by Crippen LogP contribution is 2.25. The van der Waals surface area contributed by atoms with Crippen LogP contribution in [0.2, 0.25) is 0 Å². The summed E-state index contributed by atoms with van der Waals surface area (Å²) in [7, 11) is 1.34. The van der Waals surface area contributed by atoms with E-state index in [9.17, 15) is 9.18 Å². The molecule has 0 saturated heterocycles. The van der Waals surface area contributed by atoms with E-state index in [4.69, 9.17) is 4.74 Å². The molecular formula is C16H15FO3. The monoisotopic (exact) mass is 274 g/mol. The number of esters is 1. The number of aryl methyl sites for hydroxylation is 1. The van der Waals surface area contributed by atoms with Gasteiger partial charge in [0.05, 0.1) is 7.11 Å². The van der Waals surface area contributed by atoms with Crippen molar-refractivity contribution in [3.63, 3.8) is 0 Å². The normalized spacial score (nSPS) is 10.1. The van der Waals surface area contributed by atoms with Gasteiger partial charge in [0.15, 0.2) is 11.6 Å². The molecule has 0 amide bonds. The van der Waals surface area contributed by atoms with Crippen molar-refractivity contribution in [1.82, 2.24) is 0 Å². The number of benzene rings is 2. The van der Waals surface area contributed by atoms with Gasteiger partial charge in [0.25, 0.3) is 0 Å². The minimum absolute atomic E-state index is 0.151. The molecular weight excluding hydrogens is 259 g/mol. The predicted octanol–water partition coefficient (Wildman–Crippen LogP) is 3.72. The zero-order valence-corrected chi connectivity index (χ0v) is 11.1. The molecule has 0 radical (unpaired) electrons. The average Bonchev–Trinajstić information content (AvgIpc) is 2.48. The van der Waals surface area contributed by atoms with E-state index in [1.165, 1.54) is 13.2 Å². The third kappa shape index (κ3) is 3.82. The summed E-state index contributed by atoms with van der Waals surface area (Å²) in [6.07, 6.45) is 0.741. The first-order chi connectivity index (χ1) is 9.69. The fourth-order valence-electron chi connectivity index (χ4n) is 1.75. The van der Waals surface area contributed by atoms with Crippen LogP contribution in [-0.2, 0) is 16.0 Å². The molecule has 0 heterocycles. The molecule has 0 saturated carbocycles. The summed E-state index contributed by atoms with van der Waals surface area (Å²) < 4.78 is 23.8. The largest absolute Gasteiger partial charge is 0.469 e. The van der Waals surface area contributed by atoms with Gasteiger partial charge in [0, 0.05) is 6.42 Å². The molecule has 2 rings (SSSR count). The Morgan fingerprint density at radius 1 is 1.15 bits per heavy atom. The van der Waals surface area contributed by atoms with Gasteiger partial charge < -0.3 is 9.47 Å². The number of rotatable bonds is 5. The lowest BCUT2D eigenvalue weighted by atomic mass is 10.1. The summed E-state index contributed by atoms with van der Waals surface area (Å²) in [5, 5.41) is 0. The highest BCUT2D eigenvalue weighted by atomic mass is 19.1. The molecule has 3 nitrogen and oxygen atoms in total. The van der Waals surface area contributed by atoms with E-state index >= 15 is 0 Å². The molecule has 4 heteroatoms. The Morgan fingerprint density at radius 3 is 2.60 bits per heavy atom. The molecule has 0 aliphatic rings. The highest BCUT2D eigenvalue weighted by Gasteiger charge is 2.08. The number of carbonyl (C=O) groups excluding carboxylic acids is 1. The summed E-state index contributed by atoms with van der Waals surface area (Å²) in [6, 6.07) is 13.6. The van der Waals surface area contributed by atoms with Crippen molar-refractivity contribution in [2.24, 2.45) is 0 Å². The van der Waals surface area contributed by atoms with E-state index in [1.807, 2.05) is 18.2 Å². The van der Waals surface area contributed by atoms with Gasteiger partial charge in [-0.2, -0.15) is 0 Å². The SMILES string of the molecule is COC(=O)CCc1ccc(F)c(Oc2ccccc2)c1. The van der Waals surface area contributed by atoms with Crippen molar-refractivity contribution in [1.29, 1.82) is 0 Å². The second kappa shape index (κ2) is 6.70. The second-order valence-corrected chi connectivity index (χ2v) is 4.26. The zero-order valence-electron chi connectivity index (χ0n) is 11.1. The lowest BCUT2D eigenvalue weighted by molar-refractivity contribution is -0.140. The van der Waals surface area contributed by atoms with Crippen LogP contribution in [0.25, 0.3) is 0 Å². The molecule has 0 atom stereocenters. The standard InChI is InChI=1S/C16H15FO3/c1-19-16(18)10-8-12-7-9-14(17)15(11-12)20-13-5-3-2-4-6-13/h2-7,9,11H,8,10H2,1H3. The van der Waals surface area contributed by atoms with E-state index in [0.29, 0.717) is 12.2 Å². The Hall–Kier alpha value is -2.36. The van der Waals surface area contributed by atoms with Crippen LogP contribution < -0.4 is 4.74 Å². The molecule has 0 bridgehead atoms. The van der Waals surface area contributed by atoms with Crippen LogP contribution in [0.5, 0.6) is 11.5 Å². The maximum Gasteiger partial charge on any atom is 0.305 e. The molecule has 0 spiro atoms. The van der Waals surface area contributed by atoms with Crippen molar-refractivity contribution in [3.05, 3.63) is 59.9 Å². The van der Waals surface area contributed by atoms with Crippen LogP contribution in [0.1, 0.15) is 12.0 Å². The van der Waals surface area contributed by atoms with E-state index in [-0.39, 0.29) is 18.1 Å². The molecule has 0 unspecified atom stereocenters. The van der Waals surface area contributed by atoms with Crippen LogP contribution >= 0.6 is 0 Å². The van der Waals surface area contributed by atoms with E-state index in [0.717, 1.165) is 5.56 Å². The lowest BCUT2D eigenvalue weighted by Gasteiger charge is -2.08. The minimum Gasteiger partial charge on any atom is -0.469 e. The first kappa shape index (κ1) is 14.1. The summed E-state index contributed by atoms with van der Waals surface area (Å²) in [5.41, 5.74) is 0.822. The van der Waals surface area contributed by atoms with Crippen molar-refractivity contribution >= 4 is 5.97 Å². The van der Waals surface area contributed by atoms with Gasteiger partial charge in [0.1, 0.15) is 5.75 Å². The summed E-state index contributed by atoms with van der Waals surface area (Å²) >= 11 is 0. The van der Waals surface area contributed by atoms with Crippen LogP contribution in [0.4, 0.5) is 4.39 Å². The van der Waals surface area contributed by atoms with Gasteiger partial charge in [-0.1, -0.05) is 24.3 Å². The number of para-hydroxylation sites is 1. The van der Waals surface area contributed by atoms with E-state index in [1.54, 1.807) is 24.3 Å². The van der Waals surface area contributed by atoms with Crippen LogP contribution in [-0.4, -0.2) is 13.1 Å². The van der Waals surface area contributed by atoms with Crippen LogP contribution in [0.3, 0.4) is 0 Å². The number of methoxy groups -OCH3 is 1. The first-order valence-corrected chi connectivity index (χ1v) is 6.27. The number of halogens is 1. The van der Waals surface area contributed by atoms with Gasteiger partial charge in [-0.25, -0.2) is 4.39 Å². The van der Waals surface area contributed by atoms with Crippen LogP contribution in [0, 0.1) is 5.82 Å². The number of ether oxygens (including phenoxy) is 2. The third-order valence-corrected chi connectivity index (χ3v) is 2.81. The van der Waals surface area contributed by atoms with Crippen molar-refractivity contribution in [3.8, 4) is 11.5 Å².